The quantitative estimate of drug-likeness (QED) is 0.270. The first-order valence-corrected chi connectivity index (χ1v) is 18.7. The number of amides is 1. The molecule has 7 atom stereocenters. The molecule has 1 aromatic carbocycles. The van der Waals surface area contributed by atoms with Crippen molar-refractivity contribution in [1.29, 1.82) is 5.26 Å². The molecular weight excluding hydrogens is 690 g/mol. The third-order valence-electron chi connectivity index (χ3n) is 12.1. The zero-order chi connectivity index (χ0) is 37.7. The Morgan fingerprint density at radius 2 is 2.09 bits per heavy atom. The van der Waals surface area contributed by atoms with E-state index in [1.165, 1.54) is 12.1 Å². The van der Waals surface area contributed by atoms with E-state index in [1.54, 1.807) is 23.4 Å². The van der Waals surface area contributed by atoms with Crippen LogP contribution in [0.3, 0.4) is 0 Å². The molecule has 2 aromatic heterocycles. The first-order valence-electron chi connectivity index (χ1n) is 18.7. The van der Waals surface area contributed by atoms with Crippen LogP contribution in [-0.2, 0) is 30.7 Å². The Morgan fingerprint density at radius 3 is 2.85 bits per heavy atom. The van der Waals surface area contributed by atoms with Crippen LogP contribution in [0.5, 0.6) is 6.01 Å². The summed E-state index contributed by atoms with van der Waals surface area (Å²) in [5.41, 5.74) is 3.82. The molecule has 11 nitrogen and oxygen atoms in total. The van der Waals surface area contributed by atoms with Crippen LogP contribution in [-0.4, -0.2) is 103 Å². The van der Waals surface area contributed by atoms with Gasteiger partial charge in [0.25, 0.3) is 0 Å². The molecule has 2 bridgehead atoms. The van der Waals surface area contributed by atoms with E-state index < -0.39 is 23.6 Å². The van der Waals surface area contributed by atoms with E-state index in [4.69, 9.17) is 21.1 Å². The van der Waals surface area contributed by atoms with Crippen molar-refractivity contribution in [3.63, 3.8) is 0 Å². The van der Waals surface area contributed by atoms with Crippen LogP contribution in [0.15, 0.2) is 49.3 Å². The van der Waals surface area contributed by atoms with E-state index in [9.17, 15) is 15.2 Å². The molecule has 4 aliphatic heterocycles. The molecule has 8 rings (SSSR count). The number of nitrogens with zero attached hydrogens (tertiary/aromatic N) is 8. The van der Waals surface area contributed by atoms with Gasteiger partial charge in [-0.25, -0.2) is 8.78 Å². The summed E-state index contributed by atoms with van der Waals surface area (Å²) in [5, 5.41) is 21.0. The van der Waals surface area contributed by atoms with Gasteiger partial charge in [-0.2, -0.15) is 15.2 Å². The number of aliphatic hydroxyl groups is 1. The van der Waals surface area contributed by atoms with E-state index in [1.807, 2.05) is 19.1 Å². The van der Waals surface area contributed by atoms with Crippen molar-refractivity contribution >= 4 is 11.7 Å². The normalized spacial score (nSPS) is 29.2. The fraction of sp³-hybridized carbons (Fsp3) is 0.488. The lowest BCUT2D eigenvalue weighted by atomic mass is 9.81. The van der Waals surface area contributed by atoms with Gasteiger partial charge in [0.2, 0.25) is 5.91 Å². The van der Waals surface area contributed by atoms with Gasteiger partial charge < -0.3 is 19.6 Å². The van der Waals surface area contributed by atoms with Gasteiger partial charge in [-0.3, -0.25) is 19.6 Å². The largest absolute Gasteiger partial charge is 0.461 e. The van der Waals surface area contributed by atoms with Crippen LogP contribution in [0.25, 0.3) is 0 Å². The summed E-state index contributed by atoms with van der Waals surface area (Å²) in [6.45, 7) is 8.47. The Morgan fingerprint density at radius 1 is 1.24 bits per heavy atom. The number of fused-ring (bicyclic) bond motifs is 4. The smallest absolute Gasteiger partial charge is 0.318 e. The number of anilines is 1. The Labute approximate surface area is 314 Å². The van der Waals surface area contributed by atoms with Crippen molar-refractivity contribution in [2.24, 2.45) is 5.92 Å². The summed E-state index contributed by atoms with van der Waals surface area (Å²) in [6, 6.07) is 8.66. The number of terminal acetylenes is 1. The van der Waals surface area contributed by atoms with Crippen molar-refractivity contribution in [2.45, 2.75) is 88.1 Å². The third kappa shape index (κ3) is 6.48. The zero-order valence-electron chi connectivity index (χ0n) is 30.4. The summed E-state index contributed by atoms with van der Waals surface area (Å²) in [7, 11) is 0. The Hall–Kier alpha value is -4.95. The minimum Gasteiger partial charge on any atom is -0.461 e. The molecule has 1 aliphatic carbocycles. The lowest BCUT2D eigenvalue weighted by molar-refractivity contribution is -0.129. The van der Waals surface area contributed by atoms with Crippen LogP contribution in [0.4, 0.5) is 14.6 Å². The highest BCUT2D eigenvalue weighted by Crippen LogP contribution is 2.43. The molecule has 0 spiro atoms. The molecule has 1 unspecified atom stereocenters. The predicted octanol–water partition coefficient (Wildman–Crippen LogP) is 3.90. The van der Waals surface area contributed by atoms with Crippen LogP contribution in [0, 0.1) is 35.4 Å². The number of alkyl halides is 1. The zero-order valence-corrected chi connectivity index (χ0v) is 30.4. The monoisotopic (exact) mass is 734 g/mol. The van der Waals surface area contributed by atoms with Gasteiger partial charge in [-0.05, 0) is 67.5 Å². The van der Waals surface area contributed by atoms with Crippen LogP contribution in [0.2, 0.25) is 0 Å². The van der Waals surface area contributed by atoms with Crippen LogP contribution >= 0.6 is 0 Å². The molecule has 6 heterocycles. The van der Waals surface area contributed by atoms with Gasteiger partial charge in [0.1, 0.15) is 24.4 Å². The maximum Gasteiger partial charge on any atom is 0.318 e. The Balaban J connectivity index is 1.13. The highest BCUT2D eigenvalue weighted by molar-refractivity contribution is 5.88. The Kier molecular flexibility index (Phi) is 9.59. The van der Waals surface area contributed by atoms with Crippen molar-refractivity contribution in [2.75, 3.05) is 37.7 Å². The molecule has 5 aliphatic rings. The summed E-state index contributed by atoms with van der Waals surface area (Å²) in [4.78, 5) is 35.4. The molecule has 3 saturated heterocycles. The molecule has 280 valence electrons. The molecule has 1 amide bonds. The number of aliphatic hydroxyl groups excluding tert-OH is 1. The maximum atomic E-state index is 15.1. The van der Waals surface area contributed by atoms with Gasteiger partial charge in [0.05, 0.1) is 47.0 Å². The molecular formula is C41H44F2N8O3. The fourth-order valence-electron chi connectivity index (χ4n) is 9.58. The highest BCUT2D eigenvalue weighted by atomic mass is 19.1. The lowest BCUT2D eigenvalue weighted by Gasteiger charge is -2.43. The number of aromatic nitrogens is 3. The van der Waals surface area contributed by atoms with E-state index in [-0.39, 0.29) is 61.1 Å². The van der Waals surface area contributed by atoms with Gasteiger partial charge in [-0.1, -0.05) is 24.6 Å². The first kappa shape index (κ1) is 36.0. The number of hydrogen-bond acceptors (Lipinski definition) is 10. The van der Waals surface area contributed by atoms with E-state index >= 15 is 8.78 Å². The van der Waals surface area contributed by atoms with Gasteiger partial charge in [0.15, 0.2) is 0 Å². The maximum absolute atomic E-state index is 15.1. The molecule has 0 saturated carbocycles. The second kappa shape index (κ2) is 14.4. The van der Waals surface area contributed by atoms with E-state index in [2.05, 4.69) is 38.3 Å². The van der Waals surface area contributed by atoms with Crippen molar-refractivity contribution in [3.8, 4) is 24.4 Å². The second-order valence-electron chi connectivity index (χ2n) is 15.6. The molecule has 3 fully saturated rings. The summed E-state index contributed by atoms with van der Waals surface area (Å²) in [5.74, 6) is 2.30. The number of likely N-dealkylation sites (tertiary alicyclic amines) is 1. The number of benzene rings is 1. The number of carbonyl (C=O) groups is 1. The summed E-state index contributed by atoms with van der Waals surface area (Å²) < 4.78 is 36.6. The predicted molar refractivity (Wildman–Crippen MR) is 196 cm³/mol. The van der Waals surface area contributed by atoms with E-state index in [0.717, 1.165) is 27.9 Å². The van der Waals surface area contributed by atoms with Gasteiger partial charge in [-0.15, -0.1) is 6.42 Å². The van der Waals surface area contributed by atoms with Crippen LogP contribution < -0.4 is 9.64 Å². The molecule has 54 heavy (non-hydrogen) atoms. The molecule has 1 N–H and O–H groups in total. The summed E-state index contributed by atoms with van der Waals surface area (Å²) in [6.07, 6.45) is 11.2. The number of pyridine rings is 1. The SMILES string of the molecule is C#Cc1c(F)ccc2c1[C@@H](N1CCc3c(nc(OC[C@]4(C)C[C@@H](F)CN4Cc4cccnc4)nc3N3C[C@H]4CC(C#N)[C@@H](C3)N4C(=O)C=C)C1)C[C@@H](O)C2. The minimum absolute atomic E-state index is 0.145. The van der Waals surface area contributed by atoms with Crippen molar-refractivity contribution in [1.82, 2.24) is 29.7 Å². The van der Waals surface area contributed by atoms with Crippen molar-refractivity contribution < 1.29 is 23.4 Å². The average Bonchev–Trinajstić information content (AvgIpc) is 3.59. The number of hydrogen-bond donors (Lipinski definition) is 1. The number of piperazine rings is 1. The topological polar surface area (TPSA) is 122 Å². The van der Waals surface area contributed by atoms with E-state index in [0.29, 0.717) is 64.2 Å². The standard InChI is InChI=1S/C41H44F2N8O3/c1-4-31-33(43)9-8-26-14-30(52)15-35(38(26)31)48-12-10-32-34(22-48)46-40(54-24-41(3)16-28(42)20-50(41)19-25-7-6-11-45-18-25)47-39(32)49-21-29-13-27(17-44)36(23-49)51(29)37(53)5-2/h1,5-9,11,18,27-30,35-36,52H,2,10,12-16,19-24H2,3H3/t27?,28-,29-,30+,35+,36-,41+/m1/s1. The Bertz CT molecular complexity index is 2040. The first-order chi connectivity index (χ1) is 26.1. The number of nitriles is 1. The number of carbonyl (C=O) groups excluding carboxylic acids is 1. The lowest BCUT2D eigenvalue weighted by Crippen LogP contribution is -2.57. The van der Waals surface area contributed by atoms with Gasteiger partial charge in [0, 0.05) is 69.7 Å². The van der Waals surface area contributed by atoms with Crippen LogP contribution in [0.1, 0.15) is 65.7 Å². The fourth-order valence-corrected chi connectivity index (χ4v) is 9.58. The minimum atomic E-state index is -1.02. The highest BCUT2D eigenvalue weighted by Gasteiger charge is 2.49. The number of ether oxygens (including phenoxy) is 1. The average molecular weight is 735 g/mol. The third-order valence-corrected chi connectivity index (χ3v) is 12.1. The molecule has 3 aromatic rings. The summed E-state index contributed by atoms with van der Waals surface area (Å²) >= 11 is 0. The number of halogens is 2. The molecule has 0 radical (unpaired) electrons. The van der Waals surface area contributed by atoms with Crippen molar-refractivity contribution in [3.05, 3.63) is 88.6 Å². The van der Waals surface area contributed by atoms with Gasteiger partial charge >= 0.3 is 6.01 Å². The number of rotatable bonds is 8. The molecule has 13 heteroatoms. The second-order valence-corrected chi connectivity index (χ2v) is 15.6.